The number of aryl methyl sites for hydroxylation is 2. The van der Waals surface area contributed by atoms with Crippen LogP contribution in [0.15, 0.2) is 40.3 Å². The highest BCUT2D eigenvalue weighted by atomic mass is 32.1. The van der Waals surface area contributed by atoms with Crippen LogP contribution in [0.3, 0.4) is 0 Å². The molecule has 1 atom stereocenters. The lowest BCUT2D eigenvalue weighted by molar-refractivity contribution is -0.120. The van der Waals surface area contributed by atoms with Crippen molar-refractivity contribution in [3.63, 3.8) is 0 Å². The lowest BCUT2D eigenvalue weighted by Crippen LogP contribution is -2.43. The highest BCUT2D eigenvalue weighted by Crippen LogP contribution is 2.31. The fourth-order valence-corrected chi connectivity index (χ4v) is 5.37. The first kappa shape index (κ1) is 18.9. The number of hydrogen-bond donors (Lipinski definition) is 1. The molecule has 0 radical (unpaired) electrons. The third-order valence-electron chi connectivity index (χ3n) is 6.07. The molecule has 29 heavy (non-hydrogen) atoms. The Balaban J connectivity index is 1.27. The average Bonchev–Trinajstić information content (AvgIpc) is 3.49. The van der Waals surface area contributed by atoms with Gasteiger partial charge in [0.15, 0.2) is 0 Å². The van der Waals surface area contributed by atoms with Crippen molar-refractivity contribution in [2.45, 2.75) is 31.7 Å². The summed E-state index contributed by atoms with van der Waals surface area (Å²) in [6.45, 7) is 3.92. The monoisotopic (exact) mass is 410 g/mol. The SMILES string of the molecule is O=C(Cc1coc2cc3c(cc12)CCC3)NC[C@H](c1cccs1)N1CCOCC1. The number of ether oxygens (including phenoxy) is 1. The molecule has 1 aliphatic heterocycles. The van der Waals surface area contributed by atoms with Gasteiger partial charge in [0, 0.05) is 35.5 Å². The van der Waals surface area contributed by atoms with E-state index in [0.29, 0.717) is 13.0 Å². The molecule has 0 bridgehead atoms. The summed E-state index contributed by atoms with van der Waals surface area (Å²) in [6, 6.07) is 8.81. The van der Waals surface area contributed by atoms with Gasteiger partial charge in [-0.2, -0.15) is 0 Å². The van der Waals surface area contributed by atoms with Gasteiger partial charge in [-0.25, -0.2) is 0 Å². The van der Waals surface area contributed by atoms with Crippen molar-refractivity contribution in [1.29, 1.82) is 0 Å². The van der Waals surface area contributed by atoms with E-state index in [2.05, 4.69) is 39.9 Å². The largest absolute Gasteiger partial charge is 0.464 e. The van der Waals surface area contributed by atoms with E-state index in [9.17, 15) is 4.79 Å². The van der Waals surface area contributed by atoms with E-state index in [0.717, 1.165) is 55.7 Å². The molecule has 3 aromatic rings. The van der Waals surface area contributed by atoms with Crippen LogP contribution in [-0.4, -0.2) is 43.7 Å². The lowest BCUT2D eigenvalue weighted by atomic mass is 10.0. The molecule has 6 heteroatoms. The first-order valence-corrected chi connectivity index (χ1v) is 11.3. The number of hydrogen-bond acceptors (Lipinski definition) is 5. The molecular weight excluding hydrogens is 384 g/mol. The van der Waals surface area contributed by atoms with Crippen LogP contribution in [0, 0.1) is 0 Å². The Morgan fingerprint density at radius 1 is 1.21 bits per heavy atom. The molecule has 5 rings (SSSR count). The van der Waals surface area contributed by atoms with Gasteiger partial charge in [0.05, 0.1) is 31.9 Å². The molecule has 1 aromatic carbocycles. The maximum atomic E-state index is 12.8. The molecule has 3 heterocycles. The second-order valence-electron chi connectivity index (χ2n) is 7.89. The first-order chi connectivity index (χ1) is 14.3. The van der Waals surface area contributed by atoms with Crippen molar-refractivity contribution in [1.82, 2.24) is 10.2 Å². The zero-order valence-corrected chi connectivity index (χ0v) is 17.3. The molecule has 1 saturated heterocycles. The minimum atomic E-state index is 0.0445. The Bertz CT molecular complexity index is 989. The van der Waals surface area contributed by atoms with Gasteiger partial charge in [-0.05, 0) is 54.0 Å². The summed E-state index contributed by atoms with van der Waals surface area (Å²) in [5, 5.41) is 6.35. The molecule has 2 aromatic heterocycles. The van der Waals surface area contributed by atoms with E-state index >= 15 is 0 Å². The van der Waals surface area contributed by atoms with Crippen molar-refractivity contribution in [3.05, 3.63) is 57.5 Å². The van der Waals surface area contributed by atoms with E-state index in [1.165, 1.54) is 22.4 Å². The molecule has 2 aliphatic rings. The van der Waals surface area contributed by atoms with E-state index < -0.39 is 0 Å². The van der Waals surface area contributed by atoms with Gasteiger partial charge in [-0.3, -0.25) is 9.69 Å². The zero-order chi connectivity index (χ0) is 19.6. The number of thiophene rings is 1. The van der Waals surface area contributed by atoms with Crippen LogP contribution in [0.25, 0.3) is 11.0 Å². The molecule has 5 nitrogen and oxygen atoms in total. The highest BCUT2D eigenvalue weighted by Gasteiger charge is 2.24. The topological polar surface area (TPSA) is 54.7 Å². The number of nitrogens with zero attached hydrogens (tertiary/aromatic N) is 1. The predicted molar refractivity (Wildman–Crippen MR) is 114 cm³/mol. The van der Waals surface area contributed by atoms with Crippen molar-refractivity contribution in [3.8, 4) is 0 Å². The summed E-state index contributed by atoms with van der Waals surface area (Å²) in [6.07, 6.45) is 5.57. The van der Waals surface area contributed by atoms with Crippen LogP contribution in [0.4, 0.5) is 0 Å². The van der Waals surface area contributed by atoms with Gasteiger partial charge in [0.25, 0.3) is 0 Å². The summed E-state index contributed by atoms with van der Waals surface area (Å²) < 4.78 is 11.3. The quantitative estimate of drug-likeness (QED) is 0.673. The van der Waals surface area contributed by atoms with Gasteiger partial charge < -0.3 is 14.5 Å². The fraction of sp³-hybridized carbons (Fsp3) is 0.435. The Kier molecular flexibility index (Phi) is 5.40. The number of carbonyl (C=O) groups excluding carboxylic acids is 1. The van der Waals surface area contributed by atoms with E-state index in [1.54, 1.807) is 17.6 Å². The van der Waals surface area contributed by atoms with Crippen molar-refractivity contribution in [2.75, 3.05) is 32.8 Å². The van der Waals surface area contributed by atoms with Crippen molar-refractivity contribution < 1.29 is 13.9 Å². The zero-order valence-electron chi connectivity index (χ0n) is 16.5. The number of rotatable bonds is 6. The van der Waals surface area contributed by atoms with Gasteiger partial charge in [0.1, 0.15) is 5.58 Å². The Morgan fingerprint density at radius 2 is 2.03 bits per heavy atom. The number of nitrogens with one attached hydrogen (secondary N) is 1. The number of carbonyl (C=O) groups is 1. The molecular formula is C23H26N2O3S. The summed E-state index contributed by atoms with van der Waals surface area (Å²) >= 11 is 1.75. The summed E-state index contributed by atoms with van der Waals surface area (Å²) in [4.78, 5) is 16.4. The molecule has 1 N–H and O–H groups in total. The first-order valence-electron chi connectivity index (χ1n) is 10.4. The molecule has 152 valence electrons. The van der Waals surface area contributed by atoms with E-state index in [-0.39, 0.29) is 11.9 Å². The molecule has 0 saturated carbocycles. The standard InChI is InChI=1S/C23H26N2O3S/c26-23(13-18-15-28-21-12-17-4-1-3-16(17)11-19(18)21)24-14-20(22-5-2-10-29-22)25-6-8-27-9-7-25/h2,5,10-12,15,20H,1,3-4,6-9,13-14H2,(H,24,26)/t20-/m1/s1. The third kappa shape index (κ3) is 3.97. The number of furan rings is 1. The van der Waals surface area contributed by atoms with Crippen molar-refractivity contribution >= 4 is 28.2 Å². The van der Waals surface area contributed by atoms with Crippen LogP contribution in [0.1, 0.15) is 34.0 Å². The number of amides is 1. The van der Waals surface area contributed by atoms with Gasteiger partial charge in [-0.15, -0.1) is 11.3 Å². The van der Waals surface area contributed by atoms with E-state index in [4.69, 9.17) is 9.15 Å². The molecule has 1 fully saturated rings. The van der Waals surface area contributed by atoms with Crippen LogP contribution in [-0.2, 0) is 28.8 Å². The Morgan fingerprint density at radius 3 is 2.83 bits per heavy atom. The third-order valence-corrected chi connectivity index (χ3v) is 7.04. The van der Waals surface area contributed by atoms with Crippen molar-refractivity contribution in [2.24, 2.45) is 0 Å². The number of benzene rings is 1. The minimum absolute atomic E-state index is 0.0445. The molecule has 0 unspecified atom stereocenters. The second-order valence-corrected chi connectivity index (χ2v) is 8.87. The smallest absolute Gasteiger partial charge is 0.224 e. The Hall–Kier alpha value is -2.15. The maximum Gasteiger partial charge on any atom is 0.224 e. The second kappa shape index (κ2) is 8.30. The molecule has 0 spiro atoms. The normalized spacial score (nSPS) is 18.1. The van der Waals surface area contributed by atoms with Gasteiger partial charge >= 0.3 is 0 Å². The van der Waals surface area contributed by atoms with Crippen LogP contribution >= 0.6 is 11.3 Å². The van der Waals surface area contributed by atoms with E-state index in [1.807, 2.05) is 0 Å². The predicted octanol–water partition coefficient (Wildman–Crippen LogP) is 3.72. The summed E-state index contributed by atoms with van der Waals surface area (Å²) in [7, 11) is 0. The molecule has 1 amide bonds. The highest BCUT2D eigenvalue weighted by molar-refractivity contribution is 7.10. The average molecular weight is 411 g/mol. The Labute approximate surface area is 174 Å². The number of fused-ring (bicyclic) bond motifs is 2. The minimum Gasteiger partial charge on any atom is -0.464 e. The number of morpholine rings is 1. The van der Waals surface area contributed by atoms with Gasteiger partial charge in [0.2, 0.25) is 5.91 Å². The van der Waals surface area contributed by atoms with Crippen LogP contribution < -0.4 is 5.32 Å². The molecule has 1 aliphatic carbocycles. The summed E-state index contributed by atoms with van der Waals surface area (Å²) in [5.74, 6) is 0.0445. The lowest BCUT2D eigenvalue weighted by Gasteiger charge is -2.34. The fourth-order valence-electron chi connectivity index (χ4n) is 4.51. The maximum absolute atomic E-state index is 12.8. The summed E-state index contributed by atoms with van der Waals surface area (Å²) in [5.41, 5.74) is 4.68. The van der Waals surface area contributed by atoms with Crippen LogP contribution in [0.2, 0.25) is 0 Å². The van der Waals surface area contributed by atoms with Crippen LogP contribution in [0.5, 0.6) is 0 Å². The van der Waals surface area contributed by atoms with Gasteiger partial charge in [-0.1, -0.05) is 6.07 Å².